The summed E-state index contributed by atoms with van der Waals surface area (Å²) in [6.45, 7) is 4.62. The first-order chi connectivity index (χ1) is 14.0. The standard InChI is InChI=1S/C20H23N5O4/c1-4-28-16-6-13-5-12(2)29-17(13)7-14(16)8-21-18(26)10-25-11-22-19-15(20(25)27)9-23-24(19)3/h6-7,9,11-12H,4-5,8,10H2,1-3H3,(H,21,26)/t12-/m1/s1. The molecule has 2 aromatic heterocycles. The summed E-state index contributed by atoms with van der Waals surface area (Å²) < 4.78 is 14.3. The van der Waals surface area contributed by atoms with Gasteiger partial charge in [0.05, 0.1) is 12.8 Å². The van der Waals surface area contributed by atoms with Gasteiger partial charge in [0.2, 0.25) is 5.91 Å². The molecule has 0 fully saturated rings. The topological polar surface area (TPSA) is 100 Å². The predicted octanol–water partition coefficient (Wildman–Crippen LogP) is 1.17. The van der Waals surface area contributed by atoms with Crippen LogP contribution in [0.25, 0.3) is 11.0 Å². The number of nitrogens with zero attached hydrogens (tertiary/aromatic N) is 4. The Labute approximate surface area is 167 Å². The number of benzene rings is 1. The molecule has 0 saturated heterocycles. The van der Waals surface area contributed by atoms with Crippen LogP contribution in [0.15, 0.2) is 29.5 Å². The molecule has 0 unspecified atom stereocenters. The second-order valence-corrected chi connectivity index (χ2v) is 7.09. The molecule has 9 heteroatoms. The second-order valence-electron chi connectivity index (χ2n) is 7.09. The molecule has 0 spiro atoms. The summed E-state index contributed by atoms with van der Waals surface area (Å²) in [5.74, 6) is 1.27. The fraction of sp³-hybridized carbons (Fsp3) is 0.400. The summed E-state index contributed by atoms with van der Waals surface area (Å²) >= 11 is 0. The Morgan fingerprint density at radius 2 is 2.24 bits per heavy atom. The molecule has 3 aromatic rings. The van der Waals surface area contributed by atoms with Crippen LogP contribution in [0.2, 0.25) is 0 Å². The molecular weight excluding hydrogens is 374 g/mol. The SMILES string of the molecule is CCOc1cc2c(cc1CNC(=O)Cn1cnc3c(cnn3C)c1=O)O[C@H](C)C2. The number of hydrogen-bond donors (Lipinski definition) is 1. The van der Waals surface area contributed by atoms with Gasteiger partial charge in [-0.3, -0.25) is 18.8 Å². The number of carbonyl (C=O) groups excluding carboxylic acids is 1. The van der Waals surface area contributed by atoms with Crippen molar-refractivity contribution in [2.75, 3.05) is 6.61 Å². The Bertz CT molecular complexity index is 1130. The van der Waals surface area contributed by atoms with Crippen LogP contribution >= 0.6 is 0 Å². The van der Waals surface area contributed by atoms with E-state index in [1.807, 2.05) is 26.0 Å². The van der Waals surface area contributed by atoms with E-state index in [1.54, 1.807) is 7.05 Å². The lowest BCUT2D eigenvalue weighted by atomic mass is 10.1. The zero-order chi connectivity index (χ0) is 20.5. The van der Waals surface area contributed by atoms with Gasteiger partial charge in [-0.15, -0.1) is 0 Å². The lowest BCUT2D eigenvalue weighted by molar-refractivity contribution is -0.121. The molecule has 0 bridgehead atoms. The lowest BCUT2D eigenvalue weighted by Gasteiger charge is -2.13. The second kappa shape index (κ2) is 7.57. The van der Waals surface area contributed by atoms with Crippen molar-refractivity contribution in [3.8, 4) is 11.5 Å². The highest BCUT2D eigenvalue weighted by atomic mass is 16.5. The number of aromatic nitrogens is 4. The first-order valence-electron chi connectivity index (χ1n) is 9.55. The summed E-state index contributed by atoms with van der Waals surface area (Å²) in [5.41, 5.74) is 2.13. The third-order valence-corrected chi connectivity index (χ3v) is 4.89. The smallest absolute Gasteiger partial charge is 0.264 e. The number of ether oxygens (including phenoxy) is 2. The number of hydrogen-bond acceptors (Lipinski definition) is 6. The minimum absolute atomic E-state index is 0.126. The Kier molecular flexibility index (Phi) is 4.96. The molecule has 1 aliphatic heterocycles. The molecule has 0 aliphatic carbocycles. The molecule has 29 heavy (non-hydrogen) atoms. The van der Waals surface area contributed by atoms with Gasteiger partial charge in [-0.05, 0) is 26.0 Å². The highest BCUT2D eigenvalue weighted by Gasteiger charge is 2.22. The van der Waals surface area contributed by atoms with E-state index in [2.05, 4.69) is 15.4 Å². The molecule has 152 valence electrons. The van der Waals surface area contributed by atoms with E-state index in [4.69, 9.17) is 9.47 Å². The maximum atomic E-state index is 12.5. The molecular formula is C20H23N5O4. The van der Waals surface area contributed by atoms with E-state index in [9.17, 15) is 9.59 Å². The average Bonchev–Trinajstić information content (AvgIpc) is 3.24. The normalized spacial score (nSPS) is 15.2. The van der Waals surface area contributed by atoms with E-state index in [0.29, 0.717) is 17.6 Å². The van der Waals surface area contributed by atoms with E-state index in [-0.39, 0.29) is 30.7 Å². The van der Waals surface area contributed by atoms with E-state index in [0.717, 1.165) is 29.0 Å². The van der Waals surface area contributed by atoms with Gasteiger partial charge in [-0.25, -0.2) is 4.98 Å². The summed E-state index contributed by atoms with van der Waals surface area (Å²) in [7, 11) is 1.71. The molecule has 9 nitrogen and oxygen atoms in total. The third kappa shape index (κ3) is 3.67. The van der Waals surface area contributed by atoms with Crippen molar-refractivity contribution in [3.05, 3.63) is 46.1 Å². The van der Waals surface area contributed by atoms with E-state index >= 15 is 0 Å². The van der Waals surface area contributed by atoms with Gasteiger partial charge in [0, 0.05) is 31.1 Å². The van der Waals surface area contributed by atoms with Crippen LogP contribution in [0.1, 0.15) is 25.0 Å². The monoisotopic (exact) mass is 397 g/mol. The number of carbonyl (C=O) groups is 1. The Morgan fingerprint density at radius 1 is 1.41 bits per heavy atom. The average molecular weight is 397 g/mol. The minimum atomic E-state index is -0.298. The van der Waals surface area contributed by atoms with Gasteiger partial charge in [0.25, 0.3) is 5.56 Å². The summed E-state index contributed by atoms with van der Waals surface area (Å²) in [6, 6.07) is 3.90. The van der Waals surface area contributed by atoms with Crippen LogP contribution in [-0.4, -0.2) is 37.9 Å². The number of fused-ring (bicyclic) bond motifs is 2. The molecule has 1 amide bonds. The fourth-order valence-corrected chi connectivity index (χ4v) is 3.49. The Balaban J connectivity index is 1.48. The van der Waals surface area contributed by atoms with Crippen LogP contribution in [0, 0.1) is 0 Å². The predicted molar refractivity (Wildman–Crippen MR) is 106 cm³/mol. The van der Waals surface area contributed by atoms with Gasteiger partial charge >= 0.3 is 0 Å². The van der Waals surface area contributed by atoms with Crippen molar-refractivity contribution in [2.45, 2.75) is 39.5 Å². The van der Waals surface area contributed by atoms with Crippen LogP contribution in [0.5, 0.6) is 11.5 Å². The quantitative estimate of drug-likeness (QED) is 0.670. The Morgan fingerprint density at radius 3 is 3.03 bits per heavy atom. The van der Waals surface area contributed by atoms with Gasteiger partial charge < -0.3 is 14.8 Å². The van der Waals surface area contributed by atoms with Gasteiger partial charge in [-0.2, -0.15) is 5.10 Å². The zero-order valence-corrected chi connectivity index (χ0v) is 16.6. The van der Waals surface area contributed by atoms with Crippen molar-refractivity contribution in [1.29, 1.82) is 0 Å². The summed E-state index contributed by atoms with van der Waals surface area (Å²) in [6.07, 6.45) is 3.79. The van der Waals surface area contributed by atoms with Crippen molar-refractivity contribution >= 4 is 16.9 Å². The van der Waals surface area contributed by atoms with Crippen molar-refractivity contribution in [3.63, 3.8) is 0 Å². The molecule has 1 aromatic carbocycles. The number of amides is 1. The molecule has 0 saturated carbocycles. The Hall–Kier alpha value is -3.36. The van der Waals surface area contributed by atoms with Crippen LogP contribution in [-0.2, 0) is 31.4 Å². The first kappa shape index (κ1) is 19.0. The van der Waals surface area contributed by atoms with Crippen molar-refractivity contribution < 1.29 is 14.3 Å². The lowest BCUT2D eigenvalue weighted by Crippen LogP contribution is -2.32. The first-order valence-corrected chi connectivity index (χ1v) is 9.55. The van der Waals surface area contributed by atoms with Crippen LogP contribution in [0.3, 0.4) is 0 Å². The number of rotatable bonds is 6. The molecule has 0 radical (unpaired) electrons. The molecule has 1 aliphatic rings. The van der Waals surface area contributed by atoms with Crippen molar-refractivity contribution in [1.82, 2.24) is 24.6 Å². The van der Waals surface area contributed by atoms with E-state index in [1.165, 1.54) is 21.8 Å². The number of aryl methyl sites for hydroxylation is 1. The highest BCUT2D eigenvalue weighted by Crippen LogP contribution is 2.35. The summed E-state index contributed by atoms with van der Waals surface area (Å²) in [5, 5.41) is 7.26. The van der Waals surface area contributed by atoms with Gasteiger partial charge in [0.1, 0.15) is 35.9 Å². The molecule has 1 atom stereocenters. The van der Waals surface area contributed by atoms with Crippen LogP contribution < -0.4 is 20.3 Å². The fourth-order valence-electron chi connectivity index (χ4n) is 3.49. The molecule has 4 rings (SSSR count). The van der Waals surface area contributed by atoms with E-state index < -0.39 is 0 Å². The van der Waals surface area contributed by atoms with Gasteiger partial charge in [0.15, 0.2) is 5.65 Å². The van der Waals surface area contributed by atoms with Gasteiger partial charge in [-0.1, -0.05) is 0 Å². The van der Waals surface area contributed by atoms with Crippen molar-refractivity contribution in [2.24, 2.45) is 7.05 Å². The minimum Gasteiger partial charge on any atom is -0.494 e. The largest absolute Gasteiger partial charge is 0.494 e. The maximum absolute atomic E-state index is 12.5. The molecule has 1 N–H and O–H groups in total. The number of nitrogens with one attached hydrogen (secondary N) is 1. The third-order valence-electron chi connectivity index (χ3n) is 4.89. The highest BCUT2D eigenvalue weighted by molar-refractivity contribution is 5.77. The summed E-state index contributed by atoms with van der Waals surface area (Å²) in [4.78, 5) is 29.1. The zero-order valence-electron chi connectivity index (χ0n) is 16.6. The van der Waals surface area contributed by atoms with Crippen LogP contribution in [0.4, 0.5) is 0 Å². The maximum Gasteiger partial charge on any atom is 0.264 e. The molecule has 3 heterocycles.